The van der Waals surface area contributed by atoms with Gasteiger partial charge < -0.3 is 9.57 Å². The zero-order valence-corrected chi connectivity index (χ0v) is 10.8. The summed E-state index contributed by atoms with van der Waals surface area (Å²) in [5.74, 6) is 0.205. The molecule has 1 aromatic carbocycles. The number of rotatable bonds is 3. The van der Waals surface area contributed by atoms with Gasteiger partial charge in [-0.3, -0.25) is 0 Å². The Bertz CT molecular complexity index is 549. The number of nitrogens with zero attached hydrogens (tertiary/aromatic N) is 1. The first-order valence-corrected chi connectivity index (χ1v) is 5.90. The van der Waals surface area contributed by atoms with Crippen LogP contribution in [0.3, 0.4) is 0 Å². The molecule has 94 valence electrons. The third-order valence-corrected chi connectivity index (χ3v) is 2.68. The molecule has 0 amide bonds. The summed E-state index contributed by atoms with van der Waals surface area (Å²) in [4.78, 5) is 16.1. The predicted molar refractivity (Wildman–Crippen MR) is 69.8 cm³/mol. The van der Waals surface area contributed by atoms with E-state index in [0.717, 1.165) is 5.56 Å². The summed E-state index contributed by atoms with van der Waals surface area (Å²) in [6.07, 6.45) is 1.67. The molecule has 0 saturated heterocycles. The van der Waals surface area contributed by atoms with Crippen LogP contribution in [0.15, 0.2) is 28.9 Å². The summed E-state index contributed by atoms with van der Waals surface area (Å²) in [6.45, 7) is 4.14. The number of halogens is 1. The number of carbonyl (C=O) groups is 1. The van der Waals surface area contributed by atoms with Gasteiger partial charge in [-0.05, 0) is 38.1 Å². The molecule has 0 radical (unpaired) electrons. The van der Waals surface area contributed by atoms with Crippen LogP contribution in [0, 0.1) is 0 Å². The van der Waals surface area contributed by atoms with E-state index in [9.17, 15) is 4.79 Å². The number of ether oxygens (including phenoxy) is 1. The van der Waals surface area contributed by atoms with Crippen LogP contribution < -0.4 is 4.74 Å². The first kappa shape index (κ1) is 12.6. The van der Waals surface area contributed by atoms with E-state index >= 15 is 0 Å². The van der Waals surface area contributed by atoms with Crippen molar-refractivity contribution in [1.82, 2.24) is 0 Å². The second-order valence-corrected chi connectivity index (χ2v) is 4.17. The van der Waals surface area contributed by atoms with Crippen LogP contribution in [0.4, 0.5) is 0 Å². The highest BCUT2D eigenvalue weighted by Gasteiger charge is 2.22. The van der Waals surface area contributed by atoms with Crippen molar-refractivity contribution in [3.8, 4) is 5.75 Å². The van der Waals surface area contributed by atoms with Crippen LogP contribution >= 0.6 is 11.6 Å². The van der Waals surface area contributed by atoms with Gasteiger partial charge in [0.05, 0.1) is 17.9 Å². The Morgan fingerprint density at radius 1 is 1.50 bits per heavy atom. The van der Waals surface area contributed by atoms with Crippen molar-refractivity contribution < 1.29 is 14.4 Å². The monoisotopic (exact) mass is 265 g/mol. The molecule has 0 saturated carbocycles. The fourth-order valence-electron chi connectivity index (χ4n) is 1.59. The average Bonchev–Trinajstić information content (AvgIpc) is 2.64. The van der Waals surface area contributed by atoms with Crippen molar-refractivity contribution in [1.29, 1.82) is 0 Å². The Morgan fingerprint density at radius 3 is 2.89 bits per heavy atom. The van der Waals surface area contributed by atoms with Gasteiger partial charge in [-0.25, -0.2) is 4.79 Å². The Hall–Kier alpha value is -1.81. The summed E-state index contributed by atoms with van der Waals surface area (Å²) < 4.78 is 5.48. The van der Waals surface area contributed by atoms with E-state index in [-0.39, 0.29) is 0 Å². The first-order valence-electron chi connectivity index (χ1n) is 5.52. The molecule has 0 spiro atoms. The quantitative estimate of drug-likeness (QED) is 0.623. The zero-order chi connectivity index (χ0) is 13.1. The van der Waals surface area contributed by atoms with Crippen molar-refractivity contribution in [3.05, 3.63) is 34.4 Å². The largest absolute Gasteiger partial charge is 0.493 e. The lowest BCUT2D eigenvalue weighted by Crippen LogP contribution is -2.02. The van der Waals surface area contributed by atoms with E-state index in [0.29, 0.717) is 28.7 Å². The molecule has 1 aromatic rings. The SMILES string of the molecule is CCOc1ccc(Cl)cc1/C=C1/C(=O)ON=C1C. The molecule has 1 heterocycles. The maximum Gasteiger partial charge on any atom is 0.367 e. The molecule has 1 aliphatic heterocycles. The van der Waals surface area contributed by atoms with Crippen LogP contribution in [0.25, 0.3) is 6.08 Å². The molecule has 1 aliphatic rings. The first-order chi connectivity index (χ1) is 8.61. The summed E-state index contributed by atoms with van der Waals surface area (Å²) in [5, 5.41) is 4.19. The van der Waals surface area contributed by atoms with Gasteiger partial charge in [0.15, 0.2) is 0 Å². The molecule has 5 heteroatoms. The van der Waals surface area contributed by atoms with Crippen LogP contribution in [0.1, 0.15) is 19.4 Å². The summed E-state index contributed by atoms with van der Waals surface area (Å²) in [6, 6.07) is 5.24. The topological polar surface area (TPSA) is 47.9 Å². The lowest BCUT2D eigenvalue weighted by atomic mass is 10.1. The minimum Gasteiger partial charge on any atom is -0.493 e. The van der Waals surface area contributed by atoms with E-state index in [4.69, 9.17) is 16.3 Å². The number of oxime groups is 1. The number of carbonyl (C=O) groups excluding carboxylic acids is 1. The van der Waals surface area contributed by atoms with Gasteiger partial charge in [-0.2, -0.15) is 0 Å². The number of hydrogen-bond acceptors (Lipinski definition) is 4. The molecule has 2 rings (SSSR count). The van der Waals surface area contributed by atoms with Gasteiger partial charge in [0.25, 0.3) is 0 Å². The number of hydrogen-bond donors (Lipinski definition) is 0. The molecule has 0 aliphatic carbocycles. The molecule has 0 atom stereocenters. The van der Waals surface area contributed by atoms with Crippen LogP contribution in [0.5, 0.6) is 5.75 Å². The minimum absolute atomic E-state index is 0.415. The van der Waals surface area contributed by atoms with Crippen LogP contribution in [0.2, 0.25) is 5.02 Å². The molecule has 0 unspecified atom stereocenters. The van der Waals surface area contributed by atoms with Crippen molar-refractivity contribution in [2.75, 3.05) is 6.61 Å². The molecular weight excluding hydrogens is 254 g/mol. The van der Waals surface area contributed by atoms with Gasteiger partial charge in [0.1, 0.15) is 5.75 Å². The van der Waals surface area contributed by atoms with Crippen molar-refractivity contribution in [3.63, 3.8) is 0 Å². The van der Waals surface area contributed by atoms with E-state index < -0.39 is 5.97 Å². The van der Waals surface area contributed by atoms with Gasteiger partial charge in [-0.1, -0.05) is 16.8 Å². The molecule has 0 bridgehead atoms. The fraction of sp³-hybridized carbons (Fsp3) is 0.231. The summed E-state index contributed by atoms with van der Waals surface area (Å²) >= 11 is 5.94. The highest BCUT2D eigenvalue weighted by Crippen LogP contribution is 2.26. The Morgan fingerprint density at radius 2 is 2.28 bits per heavy atom. The lowest BCUT2D eigenvalue weighted by molar-refractivity contribution is -0.136. The molecular formula is C13H12ClNO3. The third-order valence-electron chi connectivity index (χ3n) is 2.45. The standard InChI is InChI=1S/C13H12ClNO3/c1-3-17-12-5-4-10(14)6-9(12)7-11-8(2)15-18-13(11)16/h4-7H,3H2,1-2H3/b11-7+. The van der Waals surface area contributed by atoms with Gasteiger partial charge >= 0.3 is 5.97 Å². The molecule has 0 N–H and O–H groups in total. The van der Waals surface area contributed by atoms with Gasteiger partial charge in [-0.15, -0.1) is 0 Å². The normalized spacial score (nSPS) is 16.7. The van der Waals surface area contributed by atoms with Crippen molar-refractivity contribution in [2.24, 2.45) is 5.16 Å². The highest BCUT2D eigenvalue weighted by atomic mass is 35.5. The van der Waals surface area contributed by atoms with E-state index in [2.05, 4.69) is 9.99 Å². The second-order valence-electron chi connectivity index (χ2n) is 3.73. The third kappa shape index (κ3) is 2.54. The van der Waals surface area contributed by atoms with Crippen LogP contribution in [-0.2, 0) is 9.63 Å². The Labute approximate surface area is 110 Å². The maximum absolute atomic E-state index is 11.5. The van der Waals surface area contributed by atoms with Gasteiger partial charge in [0.2, 0.25) is 0 Å². The Kier molecular flexibility index (Phi) is 3.67. The molecule has 4 nitrogen and oxygen atoms in total. The zero-order valence-electron chi connectivity index (χ0n) is 10.1. The predicted octanol–water partition coefficient (Wildman–Crippen LogP) is 3.05. The maximum atomic E-state index is 11.5. The van der Waals surface area contributed by atoms with Crippen molar-refractivity contribution >= 4 is 29.4 Å². The van der Waals surface area contributed by atoms with Crippen molar-refractivity contribution in [2.45, 2.75) is 13.8 Å². The average molecular weight is 266 g/mol. The van der Waals surface area contributed by atoms with E-state index in [1.807, 2.05) is 6.92 Å². The van der Waals surface area contributed by atoms with E-state index in [1.165, 1.54) is 0 Å². The minimum atomic E-state index is -0.463. The summed E-state index contributed by atoms with van der Waals surface area (Å²) in [7, 11) is 0. The molecule has 18 heavy (non-hydrogen) atoms. The Balaban J connectivity index is 2.44. The highest BCUT2D eigenvalue weighted by molar-refractivity contribution is 6.31. The number of benzene rings is 1. The van der Waals surface area contributed by atoms with Crippen LogP contribution in [-0.4, -0.2) is 18.3 Å². The molecule has 0 fully saturated rings. The van der Waals surface area contributed by atoms with E-state index in [1.54, 1.807) is 31.2 Å². The smallest absolute Gasteiger partial charge is 0.367 e. The lowest BCUT2D eigenvalue weighted by Gasteiger charge is -2.07. The van der Waals surface area contributed by atoms with Gasteiger partial charge in [0, 0.05) is 10.6 Å². The molecule has 0 aromatic heterocycles. The fourth-order valence-corrected chi connectivity index (χ4v) is 1.77. The summed E-state index contributed by atoms with van der Waals surface area (Å²) in [5.41, 5.74) is 1.69. The second kappa shape index (κ2) is 5.23.